The Morgan fingerprint density at radius 2 is 1.40 bits per heavy atom. The summed E-state index contributed by atoms with van der Waals surface area (Å²) in [5.74, 6) is 0.516. The van der Waals surface area contributed by atoms with E-state index in [0.717, 1.165) is 16.9 Å². The molecule has 0 saturated heterocycles. The Bertz CT molecular complexity index is 798. The van der Waals surface area contributed by atoms with Gasteiger partial charge in [-0.2, -0.15) is 0 Å². The molecule has 0 spiro atoms. The zero-order chi connectivity index (χ0) is 17.3. The highest BCUT2D eigenvalue weighted by Gasteiger charge is 2.05. The Morgan fingerprint density at radius 1 is 0.720 bits per heavy atom. The van der Waals surface area contributed by atoms with E-state index in [1.165, 1.54) is 0 Å². The molecule has 0 aliphatic carbocycles. The number of hydrogen-bond acceptors (Lipinski definition) is 3. The molecule has 3 nitrogen and oxygen atoms in total. The van der Waals surface area contributed by atoms with Gasteiger partial charge in [-0.25, -0.2) is 4.79 Å². The van der Waals surface area contributed by atoms with Crippen LogP contribution in [0.5, 0.6) is 5.75 Å². The predicted molar refractivity (Wildman–Crippen MR) is 98.7 cm³/mol. The molecule has 3 rings (SSSR count). The molecule has 0 aliphatic rings. The lowest BCUT2D eigenvalue weighted by molar-refractivity contribution is 0.0486. The van der Waals surface area contributed by atoms with Gasteiger partial charge in [-0.1, -0.05) is 60.7 Å². The fourth-order valence-electron chi connectivity index (χ4n) is 2.47. The Morgan fingerprint density at radius 3 is 2.16 bits per heavy atom. The van der Waals surface area contributed by atoms with E-state index >= 15 is 0 Å². The molecule has 0 amide bonds. The smallest absolute Gasteiger partial charge is 0.338 e. The summed E-state index contributed by atoms with van der Waals surface area (Å²) < 4.78 is 11.0. The molecule has 0 N–H and O–H groups in total. The topological polar surface area (TPSA) is 35.5 Å². The summed E-state index contributed by atoms with van der Waals surface area (Å²) >= 11 is 0. The number of esters is 1. The summed E-state index contributed by atoms with van der Waals surface area (Å²) in [6.45, 7) is 0.840. The van der Waals surface area contributed by atoms with Crippen molar-refractivity contribution in [1.82, 2.24) is 0 Å². The Labute approximate surface area is 147 Å². The van der Waals surface area contributed by atoms with Crippen LogP contribution in [0.15, 0.2) is 84.9 Å². The van der Waals surface area contributed by atoms with Crippen LogP contribution in [0, 0.1) is 0 Å². The van der Waals surface area contributed by atoms with Crippen molar-refractivity contribution in [3.05, 3.63) is 90.5 Å². The maximum Gasteiger partial charge on any atom is 0.338 e. The highest BCUT2D eigenvalue weighted by molar-refractivity contribution is 5.89. The minimum Gasteiger partial charge on any atom is -0.493 e. The number of carbonyl (C=O) groups excluding carboxylic acids is 1. The van der Waals surface area contributed by atoms with Crippen molar-refractivity contribution < 1.29 is 14.3 Å². The summed E-state index contributed by atoms with van der Waals surface area (Å²) in [5.41, 5.74) is 2.84. The van der Waals surface area contributed by atoms with Crippen LogP contribution in [0.4, 0.5) is 0 Å². The molecule has 0 fully saturated rings. The Kier molecular flexibility index (Phi) is 5.83. The van der Waals surface area contributed by atoms with Crippen molar-refractivity contribution in [2.24, 2.45) is 0 Å². The molecule has 0 saturated carbocycles. The SMILES string of the molecule is O=C(OCCCOc1cccc(-c2ccccc2)c1)c1ccccc1. The first-order chi connectivity index (χ1) is 12.3. The number of rotatable bonds is 7. The minimum absolute atomic E-state index is 0.299. The number of carbonyl (C=O) groups is 1. The first-order valence-corrected chi connectivity index (χ1v) is 8.33. The molecule has 0 aromatic heterocycles. The average Bonchev–Trinajstić information content (AvgIpc) is 2.69. The van der Waals surface area contributed by atoms with Gasteiger partial charge < -0.3 is 9.47 Å². The van der Waals surface area contributed by atoms with Crippen molar-refractivity contribution in [1.29, 1.82) is 0 Å². The lowest BCUT2D eigenvalue weighted by atomic mass is 10.1. The highest BCUT2D eigenvalue weighted by Crippen LogP contribution is 2.23. The molecule has 3 aromatic carbocycles. The van der Waals surface area contributed by atoms with E-state index in [4.69, 9.17) is 9.47 Å². The Balaban J connectivity index is 1.44. The molecule has 25 heavy (non-hydrogen) atoms. The molecule has 0 aliphatic heterocycles. The summed E-state index contributed by atoms with van der Waals surface area (Å²) in [4.78, 5) is 11.8. The van der Waals surface area contributed by atoms with Gasteiger partial charge in [-0.3, -0.25) is 0 Å². The van der Waals surface area contributed by atoms with Crippen LogP contribution in [0.3, 0.4) is 0 Å². The van der Waals surface area contributed by atoms with Gasteiger partial charge in [0.1, 0.15) is 5.75 Å². The first kappa shape index (κ1) is 16.8. The third-order valence-corrected chi connectivity index (χ3v) is 3.74. The first-order valence-electron chi connectivity index (χ1n) is 8.33. The number of benzene rings is 3. The van der Waals surface area contributed by atoms with Crippen molar-refractivity contribution in [2.45, 2.75) is 6.42 Å². The molecule has 0 bridgehead atoms. The molecular formula is C22H20O3. The van der Waals surface area contributed by atoms with Gasteiger partial charge in [-0.15, -0.1) is 0 Å². The quantitative estimate of drug-likeness (QED) is 0.452. The van der Waals surface area contributed by atoms with E-state index in [2.05, 4.69) is 18.2 Å². The number of hydrogen-bond donors (Lipinski definition) is 0. The van der Waals surface area contributed by atoms with Crippen molar-refractivity contribution in [3.63, 3.8) is 0 Å². The van der Waals surface area contributed by atoms with Crippen molar-refractivity contribution in [3.8, 4) is 16.9 Å². The molecular weight excluding hydrogens is 312 g/mol. The zero-order valence-electron chi connectivity index (χ0n) is 13.9. The van der Waals surface area contributed by atoms with Crippen LogP contribution in [0.25, 0.3) is 11.1 Å². The fourth-order valence-corrected chi connectivity index (χ4v) is 2.47. The Hall–Kier alpha value is -3.07. The van der Waals surface area contributed by atoms with Gasteiger partial charge >= 0.3 is 5.97 Å². The van der Waals surface area contributed by atoms with Crippen LogP contribution < -0.4 is 4.74 Å². The summed E-state index contributed by atoms with van der Waals surface area (Å²) in [6.07, 6.45) is 0.647. The van der Waals surface area contributed by atoms with Gasteiger partial charge in [0.25, 0.3) is 0 Å². The lowest BCUT2D eigenvalue weighted by Gasteiger charge is -2.09. The van der Waals surface area contributed by atoms with Gasteiger partial charge in [0, 0.05) is 6.42 Å². The largest absolute Gasteiger partial charge is 0.493 e. The summed E-state index contributed by atoms with van der Waals surface area (Å²) in [6, 6.07) is 27.2. The van der Waals surface area contributed by atoms with E-state index in [0.29, 0.717) is 25.2 Å². The van der Waals surface area contributed by atoms with E-state index in [1.54, 1.807) is 12.1 Å². The second kappa shape index (κ2) is 8.69. The number of ether oxygens (including phenoxy) is 2. The molecule has 3 heteroatoms. The van der Waals surface area contributed by atoms with Crippen LogP contribution >= 0.6 is 0 Å². The maximum absolute atomic E-state index is 11.8. The molecule has 0 heterocycles. The molecule has 126 valence electrons. The predicted octanol–water partition coefficient (Wildman–Crippen LogP) is 4.98. The highest BCUT2D eigenvalue weighted by atomic mass is 16.5. The maximum atomic E-state index is 11.8. The van der Waals surface area contributed by atoms with Crippen molar-refractivity contribution >= 4 is 5.97 Å². The molecule has 3 aromatic rings. The fraction of sp³-hybridized carbons (Fsp3) is 0.136. The van der Waals surface area contributed by atoms with Crippen molar-refractivity contribution in [2.75, 3.05) is 13.2 Å². The normalized spacial score (nSPS) is 10.2. The standard InChI is InChI=1S/C22H20O3/c23-22(19-11-5-2-6-12-19)25-16-8-15-24-21-14-7-13-20(17-21)18-9-3-1-4-10-18/h1-7,9-14,17H,8,15-16H2. The van der Waals surface area contributed by atoms with Gasteiger partial charge in [-0.05, 0) is 35.4 Å². The third kappa shape index (κ3) is 4.95. The second-order valence-corrected chi connectivity index (χ2v) is 5.60. The monoisotopic (exact) mass is 332 g/mol. The average molecular weight is 332 g/mol. The summed E-state index contributed by atoms with van der Waals surface area (Å²) in [5, 5.41) is 0. The van der Waals surface area contributed by atoms with E-state index in [-0.39, 0.29) is 5.97 Å². The van der Waals surface area contributed by atoms with Gasteiger partial charge in [0.05, 0.1) is 18.8 Å². The van der Waals surface area contributed by atoms with Crippen LogP contribution in [0.1, 0.15) is 16.8 Å². The van der Waals surface area contributed by atoms with E-state index in [9.17, 15) is 4.79 Å². The van der Waals surface area contributed by atoms with Crippen LogP contribution in [-0.4, -0.2) is 19.2 Å². The van der Waals surface area contributed by atoms with Gasteiger partial charge in [0.15, 0.2) is 0 Å². The van der Waals surface area contributed by atoms with E-state index in [1.807, 2.05) is 54.6 Å². The second-order valence-electron chi connectivity index (χ2n) is 5.60. The van der Waals surface area contributed by atoms with Crippen LogP contribution in [-0.2, 0) is 4.74 Å². The minimum atomic E-state index is -0.299. The lowest BCUT2D eigenvalue weighted by Crippen LogP contribution is -2.09. The molecule has 0 unspecified atom stereocenters. The molecule has 0 radical (unpaired) electrons. The van der Waals surface area contributed by atoms with E-state index < -0.39 is 0 Å². The van der Waals surface area contributed by atoms with Gasteiger partial charge in [0.2, 0.25) is 0 Å². The third-order valence-electron chi connectivity index (χ3n) is 3.74. The summed E-state index contributed by atoms with van der Waals surface area (Å²) in [7, 11) is 0. The van der Waals surface area contributed by atoms with Crippen LogP contribution in [0.2, 0.25) is 0 Å². The molecule has 0 atom stereocenters. The zero-order valence-corrected chi connectivity index (χ0v) is 13.9.